The quantitative estimate of drug-likeness (QED) is 0.465. The van der Waals surface area contributed by atoms with E-state index in [4.69, 9.17) is 12.2 Å². The van der Waals surface area contributed by atoms with E-state index < -0.39 is 0 Å². The van der Waals surface area contributed by atoms with Crippen molar-refractivity contribution in [1.29, 1.82) is 0 Å². The van der Waals surface area contributed by atoms with Crippen molar-refractivity contribution in [3.8, 4) is 0 Å². The Labute approximate surface area is 60.5 Å². The van der Waals surface area contributed by atoms with Crippen molar-refractivity contribution in [1.82, 2.24) is 5.32 Å². The summed E-state index contributed by atoms with van der Waals surface area (Å²) in [6.07, 6.45) is 3.59. The molecule has 0 unspecified atom stereocenters. The fraction of sp³-hybridized carbons (Fsp3) is 0.286. The molecule has 1 aliphatic heterocycles. The lowest BCUT2D eigenvalue weighted by Crippen LogP contribution is -2.07. The van der Waals surface area contributed by atoms with Gasteiger partial charge >= 0.3 is 0 Å². The van der Waals surface area contributed by atoms with Crippen molar-refractivity contribution >= 4 is 17.1 Å². The highest BCUT2D eigenvalue weighted by molar-refractivity contribution is 7.81. The monoisotopic (exact) mass is 138 g/mol. The van der Waals surface area contributed by atoms with E-state index in [1.807, 2.05) is 19.9 Å². The third-order valence-corrected chi connectivity index (χ3v) is 1.85. The molecule has 0 bridgehead atoms. The van der Waals surface area contributed by atoms with Crippen molar-refractivity contribution in [2.75, 3.05) is 0 Å². The van der Waals surface area contributed by atoms with Gasteiger partial charge in [-0.25, -0.2) is 0 Å². The molecule has 47 valence electrons. The molecule has 1 aliphatic rings. The molecule has 0 amide bonds. The van der Waals surface area contributed by atoms with E-state index in [2.05, 4.69) is 5.32 Å². The van der Waals surface area contributed by atoms with E-state index in [1.165, 1.54) is 0 Å². The maximum Gasteiger partial charge on any atom is 0.0439 e. The summed E-state index contributed by atoms with van der Waals surface area (Å²) in [6, 6.07) is 0. The van der Waals surface area contributed by atoms with Crippen molar-refractivity contribution in [3.63, 3.8) is 0 Å². The van der Waals surface area contributed by atoms with E-state index in [9.17, 15) is 0 Å². The number of hydrogen-bond acceptors (Lipinski definition) is 1. The highest BCUT2D eigenvalue weighted by atomic mass is 32.1. The average molecular weight is 138 g/mol. The molecule has 0 aromatic carbocycles. The summed E-state index contributed by atoms with van der Waals surface area (Å²) in [6.45, 7) is 3.95. The first-order chi connectivity index (χ1) is 4.22. The highest BCUT2D eigenvalue weighted by Gasteiger charge is 2.04. The van der Waals surface area contributed by atoms with Gasteiger partial charge in [-0.1, -0.05) is 12.2 Å². The maximum absolute atomic E-state index is 5.00. The molecule has 2 heteroatoms. The molecule has 1 radical (unpaired) electrons. The van der Waals surface area contributed by atoms with Crippen LogP contribution in [0.3, 0.4) is 0 Å². The van der Waals surface area contributed by atoms with Gasteiger partial charge in [0.1, 0.15) is 0 Å². The molecule has 0 N–H and O–H groups in total. The van der Waals surface area contributed by atoms with Gasteiger partial charge in [0.15, 0.2) is 0 Å². The van der Waals surface area contributed by atoms with Gasteiger partial charge < -0.3 is 0 Å². The van der Waals surface area contributed by atoms with Crippen molar-refractivity contribution in [2.45, 2.75) is 13.8 Å². The number of hydrogen-bond donors (Lipinski definition) is 0. The lowest BCUT2D eigenvalue weighted by atomic mass is 10.1. The van der Waals surface area contributed by atoms with Crippen LogP contribution < -0.4 is 5.32 Å². The molecule has 0 atom stereocenters. The van der Waals surface area contributed by atoms with Crippen LogP contribution in [0.15, 0.2) is 23.5 Å². The third kappa shape index (κ3) is 1.19. The molecule has 0 spiro atoms. The van der Waals surface area contributed by atoms with Gasteiger partial charge in [-0.15, -0.1) is 0 Å². The zero-order chi connectivity index (χ0) is 6.85. The Balaban J connectivity index is 2.92. The van der Waals surface area contributed by atoms with Gasteiger partial charge in [0.2, 0.25) is 0 Å². The Kier molecular flexibility index (Phi) is 1.67. The Morgan fingerprint density at radius 3 is 2.56 bits per heavy atom. The first-order valence-electron chi connectivity index (χ1n) is 2.81. The Morgan fingerprint density at radius 2 is 2.11 bits per heavy atom. The summed E-state index contributed by atoms with van der Waals surface area (Å²) in [4.78, 5) is 0.905. The molecule has 0 aromatic heterocycles. The van der Waals surface area contributed by atoms with Crippen molar-refractivity contribution in [3.05, 3.63) is 23.5 Å². The zero-order valence-electron chi connectivity index (χ0n) is 5.51. The number of nitrogens with zero attached hydrogens (tertiary/aromatic N) is 1. The molecule has 0 aliphatic carbocycles. The van der Waals surface area contributed by atoms with Crippen LogP contribution in [0.2, 0.25) is 0 Å². The number of rotatable bonds is 0. The molecule has 9 heavy (non-hydrogen) atoms. The first kappa shape index (κ1) is 6.49. The maximum atomic E-state index is 5.00. The molecule has 0 fully saturated rings. The van der Waals surface area contributed by atoms with Gasteiger partial charge in [-0.3, -0.25) is 5.32 Å². The van der Waals surface area contributed by atoms with Crippen LogP contribution in [-0.2, 0) is 0 Å². The molecular weight excluding hydrogens is 130 g/mol. The van der Waals surface area contributed by atoms with E-state index in [-0.39, 0.29) is 0 Å². The minimum Gasteiger partial charge on any atom is -0.261 e. The molecule has 1 rings (SSSR count). The second-order valence-electron chi connectivity index (χ2n) is 2.02. The summed E-state index contributed by atoms with van der Waals surface area (Å²) < 4.78 is 0. The molecule has 1 heterocycles. The van der Waals surface area contributed by atoms with Gasteiger partial charge in [-0.05, 0) is 25.5 Å². The van der Waals surface area contributed by atoms with E-state index >= 15 is 0 Å². The normalized spacial score (nSPS) is 18.2. The minimum absolute atomic E-state index is 0.905. The fourth-order valence-corrected chi connectivity index (χ4v) is 0.825. The molecule has 0 aromatic rings. The van der Waals surface area contributed by atoms with Crippen molar-refractivity contribution < 1.29 is 0 Å². The predicted molar refractivity (Wildman–Crippen MR) is 42.2 cm³/mol. The second-order valence-corrected chi connectivity index (χ2v) is 2.46. The van der Waals surface area contributed by atoms with Crippen LogP contribution in [0.4, 0.5) is 0 Å². The van der Waals surface area contributed by atoms with Gasteiger partial charge in [0.25, 0.3) is 0 Å². The van der Waals surface area contributed by atoms with Gasteiger partial charge in [-0.2, -0.15) is 0 Å². The summed E-state index contributed by atoms with van der Waals surface area (Å²) in [5.74, 6) is 0. The van der Waals surface area contributed by atoms with Crippen LogP contribution in [0, 0.1) is 0 Å². The Hall–Kier alpha value is -0.630. The second kappa shape index (κ2) is 2.31. The molecule has 0 saturated heterocycles. The van der Waals surface area contributed by atoms with Crippen LogP contribution in [0.25, 0.3) is 0 Å². The SMILES string of the molecule is CC1=C(C)C(=S)C=C[N]1. The topological polar surface area (TPSA) is 14.1 Å². The molecule has 1 nitrogen and oxygen atoms in total. The molecule has 0 saturated carbocycles. The summed E-state index contributed by atoms with van der Waals surface area (Å²) in [5.41, 5.74) is 2.15. The average Bonchev–Trinajstić information content (AvgIpc) is 1.83. The lowest BCUT2D eigenvalue weighted by molar-refractivity contribution is 1.01. The first-order valence-corrected chi connectivity index (χ1v) is 3.22. The van der Waals surface area contributed by atoms with E-state index in [1.54, 1.807) is 6.20 Å². The largest absolute Gasteiger partial charge is 0.261 e. The summed E-state index contributed by atoms with van der Waals surface area (Å²) in [7, 11) is 0. The van der Waals surface area contributed by atoms with Gasteiger partial charge in [0.05, 0.1) is 0 Å². The van der Waals surface area contributed by atoms with Crippen LogP contribution >= 0.6 is 12.2 Å². The van der Waals surface area contributed by atoms with E-state index in [0.29, 0.717) is 0 Å². The molecular formula is C7H8NS. The third-order valence-electron chi connectivity index (χ3n) is 1.41. The summed E-state index contributed by atoms with van der Waals surface area (Å²) >= 11 is 5.00. The minimum atomic E-state index is 0.905. The van der Waals surface area contributed by atoms with Crippen LogP contribution in [0.1, 0.15) is 13.8 Å². The fourth-order valence-electron chi connectivity index (χ4n) is 0.617. The standard InChI is InChI=1S/C7H8NS/c1-5-6(2)8-4-3-7(5)9/h3-4H,1-2H3. The van der Waals surface area contributed by atoms with Gasteiger partial charge in [0, 0.05) is 16.8 Å². The van der Waals surface area contributed by atoms with Crippen molar-refractivity contribution in [2.24, 2.45) is 0 Å². The van der Waals surface area contributed by atoms with E-state index in [0.717, 1.165) is 16.1 Å². The number of allylic oxidation sites excluding steroid dienone is 3. The Morgan fingerprint density at radius 1 is 1.44 bits per heavy atom. The van der Waals surface area contributed by atoms with Crippen LogP contribution in [-0.4, -0.2) is 4.86 Å². The van der Waals surface area contributed by atoms with Crippen LogP contribution in [0.5, 0.6) is 0 Å². The predicted octanol–water partition coefficient (Wildman–Crippen LogP) is 1.78. The summed E-state index contributed by atoms with van der Waals surface area (Å²) in [5, 5.41) is 4.07. The zero-order valence-corrected chi connectivity index (χ0v) is 6.33. The highest BCUT2D eigenvalue weighted by Crippen LogP contribution is 2.09. The lowest BCUT2D eigenvalue weighted by Gasteiger charge is -2.08. The smallest absolute Gasteiger partial charge is 0.0439 e. The number of thiocarbonyl (C=S) groups is 1. The Bertz CT molecular complexity index is 201.